The molecule has 4 N–H and O–H groups in total. The average Bonchev–Trinajstić information content (AvgIpc) is 3.43. The van der Waals surface area contributed by atoms with Crippen LogP contribution in [0.2, 0.25) is 0 Å². The van der Waals surface area contributed by atoms with Crippen LogP contribution in [0, 0.1) is 0 Å². The van der Waals surface area contributed by atoms with Gasteiger partial charge in [0.2, 0.25) is 5.56 Å². The lowest BCUT2D eigenvalue weighted by atomic mass is 9.91. The van der Waals surface area contributed by atoms with Gasteiger partial charge in [0, 0.05) is 31.1 Å². The van der Waals surface area contributed by atoms with Crippen molar-refractivity contribution in [2.24, 2.45) is 0 Å². The Balaban J connectivity index is 1.07. The molecule has 0 amide bonds. The van der Waals surface area contributed by atoms with Crippen molar-refractivity contribution in [2.75, 3.05) is 39.8 Å². The Morgan fingerprint density at radius 1 is 1.02 bits per heavy atom. The Kier molecular flexibility index (Phi) is 10.7. The van der Waals surface area contributed by atoms with E-state index in [-0.39, 0.29) is 23.4 Å². The van der Waals surface area contributed by atoms with E-state index < -0.39 is 12.0 Å². The smallest absolute Gasteiger partial charge is 0.318 e. The number of phenolic OH excluding ortho intramolecular Hbond substituents is 1. The molecule has 1 fully saturated rings. The molecule has 232 valence electrons. The van der Waals surface area contributed by atoms with Crippen LogP contribution < -0.4 is 15.6 Å². The van der Waals surface area contributed by atoms with Gasteiger partial charge in [0.05, 0.1) is 18.2 Å². The molecular formula is C35H41N3O6. The number of nitrogens with one attached hydrogen (secondary N) is 2. The van der Waals surface area contributed by atoms with Gasteiger partial charge in [-0.3, -0.25) is 9.59 Å². The SMILES string of the molecule is CN1CCC(OC(=O)C(c2ccccc2)c2cccc(OCCCCCNCC(O)c3ccc(O)c4[nH]c(=O)ccc34)c2)C1. The van der Waals surface area contributed by atoms with Crippen molar-refractivity contribution in [3.8, 4) is 11.5 Å². The van der Waals surface area contributed by atoms with Gasteiger partial charge in [-0.2, -0.15) is 0 Å². The van der Waals surface area contributed by atoms with E-state index in [2.05, 4.69) is 15.2 Å². The Bertz CT molecular complexity index is 1590. The number of aromatic amines is 1. The van der Waals surface area contributed by atoms with Gasteiger partial charge in [-0.05, 0) is 80.2 Å². The van der Waals surface area contributed by atoms with E-state index in [4.69, 9.17) is 9.47 Å². The maximum absolute atomic E-state index is 13.4. The number of aliphatic hydroxyl groups is 1. The van der Waals surface area contributed by atoms with Gasteiger partial charge < -0.3 is 34.9 Å². The Morgan fingerprint density at radius 3 is 2.64 bits per heavy atom. The molecule has 0 radical (unpaired) electrons. The fourth-order valence-corrected chi connectivity index (χ4v) is 5.73. The van der Waals surface area contributed by atoms with Gasteiger partial charge in [-0.15, -0.1) is 0 Å². The number of aliphatic hydroxyl groups excluding tert-OH is 1. The van der Waals surface area contributed by atoms with E-state index in [1.807, 2.05) is 61.6 Å². The number of aromatic hydroxyl groups is 1. The molecule has 0 aliphatic carbocycles. The van der Waals surface area contributed by atoms with Crippen LogP contribution in [0.5, 0.6) is 11.5 Å². The summed E-state index contributed by atoms with van der Waals surface area (Å²) in [7, 11) is 2.04. The summed E-state index contributed by atoms with van der Waals surface area (Å²) in [6.45, 7) is 3.32. The Hall–Kier alpha value is -4.18. The largest absolute Gasteiger partial charge is 0.506 e. The minimum absolute atomic E-state index is 0.0263. The second-order valence-electron chi connectivity index (χ2n) is 11.4. The van der Waals surface area contributed by atoms with Crippen molar-refractivity contribution in [1.82, 2.24) is 15.2 Å². The van der Waals surface area contributed by atoms with Gasteiger partial charge in [-0.1, -0.05) is 48.5 Å². The quantitative estimate of drug-likeness (QED) is 0.124. The van der Waals surface area contributed by atoms with Crippen LogP contribution in [0.4, 0.5) is 0 Å². The van der Waals surface area contributed by atoms with Crippen molar-refractivity contribution < 1.29 is 24.5 Å². The van der Waals surface area contributed by atoms with Crippen LogP contribution in [0.15, 0.2) is 83.7 Å². The van der Waals surface area contributed by atoms with Gasteiger partial charge >= 0.3 is 5.97 Å². The molecule has 2 heterocycles. The van der Waals surface area contributed by atoms with Crippen LogP contribution in [0.3, 0.4) is 0 Å². The van der Waals surface area contributed by atoms with Gasteiger partial charge in [0.25, 0.3) is 0 Å². The first-order valence-electron chi connectivity index (χ1n) is 15.3. The predicted molar refractivity (Wildman–Crippen MR) is 170 cm³/mol. The first-order valence-corrected chi connectivity index (χ1v) is 15.3. The number of benzene rings is 3. The molecule has 9 heteroatoms. The number of carbonyl (C=O) groups is 1. The zero-order valence-electron chi connectivity index (χ0n) is 25.1. The van der Waals surface area contributed by atoms with Crippen LogP contribution in [-0.4, -0.2) is 72.0 Å². The minimum atomic E-state index is -0.781. The number of hydrogen-bond acceptors (Lipinski definition) is 8. The van der Waals surface area contributed by atoms with E-state index in [9.17, 15) is 19.8 Å². The Morgan fingerprint density at radius 2 is 1.84 bits per heavy atom. The number of likely N-dealkylation sites (N-methyl/N-ethyl adjacent to an activating group) is 1. The molecule has 3 aromatic carbocycles. The molecule has 0 spiro atoms. The number of phenols is 1. The maximum Gasteiger partial charge on any atom is 0.318 e. The lowest BCUT2D eigenvalue weighted by Gasteiger charge is -2.20. The summed E-state index contributed by atoms with van der Waals surface area (Å²) in [6.07, 6.45) is 2.70. The highest BCUT2D eigenvalue weighted by atomic mass is 16.5. The lowest BCUT2D eigenvalue weighted by Crippen LogP contribution is -2.26. The third-order valence-electron chi connectivity index (χ3n) is 8.06. The third-order valence-corrected chi connectivity index (χ3v) is 8.06. The predicted octanol–water partition coefficient (Wildman–Crippen LogP) is 4.49. The van der Waals surface area contributed by atoms with E-state index in [0.29, 0.717) is 29.6 Å². The van der Waals surface area contributed by atoms with Crippen LogP contribution in [-0.2, 0) is 9.53 Å². The molecule has 0 saturated carbocycles. The number of H-pyrrole nitrogens is 1. The topological polar surface area (TPSA) is 124 Å². The number of nitrogens with zero attached hydrogens (tertiary/aromatic N) is 1. The molecule has 1 aliphatic rings. The maximum atomic E-state index is 13.4. The van der Waals surface area contributed by atoms with E-state index in [1.54, 1.807) is 12.1 Å². The molecule has 4 aromatic rings. The van der Waals surface area contributed by atoms with Crippen molar-refractivity contribution in [3.63, 3.8) is 0 Å². The van der Waals surface area contributed by atoms with E-state index in [1.165, 1.54) is 12.1 Å². The van der Waals surface area contributed by atoms with E-state index >= 15 is 0 Å². The van der Waals surface area contributed by atoms with Crippen molar-refractivity contribution in [2.45, 2.75) is 43.8 Å². The standard InChI is InChI=1S/C35H41N3O6/c1-38-19-17-27(23-38)44-35(42)33(24-9-4-2-5-10-24)25-11-8-12-26(21-25)43-20-7-3-6-18-36-22-31(40)28-13-15-30(39)34-29(28)14-16-32(41)37-34/h2,4-5,8-16,21,27,31,33,36,39-40H,3,6-7,17-20,22-23H2,1H3,(H,37,41). The van der Waals surface area contributed by atoms with Crippen molar-refractivity contribution in [1.29, 1.82) is 0 Å². The zero-order valence-corrected chi connectivity index (χ0v) is 25.1. The average molecular weight is 600 g/mol. The number of esters is 1. The number of unbranched alkanes of at least 4 members (excludes halogenated alkanes) is 2. The summed E-state index contributed by atoms with van der Waals surface area (Å²) in [5.74, 6) is -0.0594. The molecule has 0 bridgehead atoms. The molecule has 1 saturated heterocycles. The second-order valence-corrected chi connectivity index (χ2v) is 11.4. The minimum Gasteiger partial charge on any atom is -0.506 e. The molecule has 3 unspecified atom stereocenters. The summed E-state index contributed by atoms with van der Waals surface area (Å²) < 4.78 is 12.0. The number of rotatable bonds is 14. The number of ether oxygens (including phenoxy) is 2. The monoisotopic (exact) mass is 599 g/mol. The van der Waals surface area contributed by atoms with Crippen molar-refractivity contribution in [3.05, 3.63) is 106 Å². The van der Waals surface area contributed by atoms with Crippen LogP contribution in [0.25, 0.3) is 10.9 Å². The number of hydrogen-bond donors (Lipinski definition) is 4. The summed E-state index contributed by atoms with van der Waals surface area (Å²) in [5, 5.41) is 24.7. The molecule has 1 aliphatic heterocycles. The number of likely N-dealkylation sites (tertiary alicyclic amines) is 1. The number of pyridine rings is 1. The summed E-state index contributed by atoms with van der Waals surface area (Å²) in [6, 6.07) is 23.6. The first-order chi connectivity index (χ1) is 21.4. The molecule has 5 rings (SSSR count). The van der Waals surface area contributed by atoms with Gasteiger partial charge in [-0.25, -0.2) is 0 Å². The highest BCUT2D eigenvalue weighted by Gasteiger charge is 2.30. The normalized spacial score (nSPS) is 16.5. The van der Waals surface area contributed by atoms with E-state index in [0.717, 1.165) is 62.2 Å². The molecule has 9 nitrogen and oxygen atoms in total. The molecule has 44 heavy (non-hydrogen) atoms. The Labute approximate surface area is 257 Å². The third kappa shape index (κ3) is 8.05. The number of fused-ring (bicyclic) bond motifs is 1. The molecular weight excluding hydrogens is 558 g/mol. The van der Waals surface area contributed by atoms with Gasteiger partial charge in [0.15, 0.2) is 0 Å². The highest BCUT2D eigenvalue weighted by molar-refractivity contribution is 5.87. The lowest BCUT2D eigenvalue weighted by molar-refractivity contribution is -0.149. The summed E-state index contributed by atoms with van der Waals surface area (Å²) in [4.78, 5) is 29.8. The van der Waals surface area contributed by atoms with Gasteiger partial charge in [0.1, 0.15) is 23.5 Å². The summed E-state index contributed by atoms with van der Waals surface area (Å²) in [5.41, 5.74) is 2.41. The summed E-state index contributed by atoms with van der Waals surface area (Å²) >= 11 is 0. The van der Waals surface area contributed by atoms with Crippen LogP contribution in [0.1, 0.15) is 54.4 Å². The zero-order chi connectivity index (χ0) is 30.9. The number of aromatic nitrogens is 1. The number of carbonyl (C=O) groups excluding carboxylic acids is 1. The first kappa shape index (κ1) is 31.3. The molecule has 1 aromatic heterocycles. The van der Waals surface area contributed by atoms with Crippen molar-refractivity contribution >= 4 is 16.9 Å². The molecule has 3 atom stereocenters. The second kappa shape index (κ2) is 15.0. The highest BCUT2D eigenvalue weighted by Crippen LogP contribution is 2.31. The fourth-order valence-electron chi connectivity index (χ4n) is 5.73. The fraction of sp³-hybridized carbons (Fsp3) is 0.371. The van der Waals surface area contributed by atoms with Crippen LogP contribution >= 0.6 is 0 Å².